The molecule has 4 atom stereocenters. The molecule has 0 bridgehead atoms. The van der Waals surface area contributed by atoms with Gasteiger partial charge in [0.25, 0.3) is 0 Å². The van der Waals surface area contributed by atoms with E-state index < -0.39 is 37.0 Å². The van der Waals surface area contributed by atoms with Gasteiger partial charge in [0.2, 0.25) is 12.0 Å². The van der Waals surface area contributed by atoms with E-state index in [4.69, 9.17) is 13.9 Å². The summed E-state index contributed by atoms with van der Waals surface area (Å²) in [5, 5.41) is 68.8. The van der Waals surface area contributed by atoms with Crippen molar-refractivity contribution in [1.29, 1.82) is 0 Å². The lowest BCUT2D eigenvalue weighted by Crippen LogP contribution is -3.00. The van der Waals surface area contributed by atoms with Crippen LogP contribution in [0.1, 0.15) is 0 Å². The summed E-state index contributed by atoms with van der Waals surface area (Å²) >= 11 is 0. The van der Waals surface area contributed by atoms with E-state index >= 15 is 0 Å². The number of halogens is 1. The molecule has 11 heteroatoms. The van der Waals surface area contributed by atoms with Gasteiger partial charge in [-0.2, -0.15) is 0 Å². The summed E-state index contributed by atoms with van der Waals surface area (Å²) in [7, 11) is 0. The Balaban J connectivity index is 0.00000272. The van der Waals surface area contributed by atoms with Crippen LogP contribution >= 0.6 is 0 Å². The number of aliphatic hydroxyl groups excluding tert-OH is 3. The predicted octanol–water partition coefficient (Wildman–Crippen LogP) is -1.97. The second-order valence-electron chi connectivity index (χ2n) is 6.84. The largest absolute Gasteiger partial charge is 1.00 e. The molecular formula is C20H19ClO10. The molecule has 1 unspecified atom stereocenters. The molecule has 0 amide bonds. The van der Waals surface area contributed by atoms with Gasteiger partial charge in [-0.1, -0.05) is 0 Å². The number of rotatable bonds is 4. The summed E-state index contributed by atoms with van der Waals surface area (Å²) in [6.07, 6.45) is -5.29. The van der Waals surface area contributed by atoms with Crippen LogP contribution in [-0.2, 0) is 4.74 Å². The maximum atomic E-state index is 10.2. The molecular weight excluding hydrogens is 436 g/mol. The van der Waals surface area contributed by atoms with Crippen molar-refractivity contribution in [2.24, 2.45) is 0 Å². The summed E-state index contributed by atoms with van der Waals surface area (Å²) in [6.45, 7) is -0.543. The summed E-state index contributed by atoms with van der Waals surface area (Å²) in [4.78, 5) is 0. The Morgan fingerprint density at radius 2 is 1.65 bits per heavy atom. The molecule has 1 saturated heterocycles. The van der Waals surface area contributed by atoms with Crippen molar-refractivity contribution >= 4 is 11.0 Å². The number of hydrogen-bond donors (Lipinski definition) is 7. The third kappa shape index (κ3) is 4.11. The van der Waals surface area contributed by atoms with Crippen LogP contribution in [0.4, 0.5) is 0 Å². The Morgan fingerprint density at radius 1 is 0.903 bits per heavy atom. The van der Waals surface area contributed by atoms with E-state index in [1.807, 2.05) is 0 Å². The highest BCUT2D eigenvalue weighted by atomic mass is 35.5. The Labute approximate surface area is 181 Å². The molecule has 0 saturated carbocycles. The van der Waals surface area contributed by atoms with Crippen molar-refractivity contribution < 1.29 is 62.0 Å². The first-order valence-corrected chi connectivity index (χ1v) is 8.92. The van der Waals surface area contributed by atoms with Crippen LogP contribution < -0.4 is 17.1 Å². The summed E-state index contributed by atoms with van der Waals surface area (Å²) < 4.78 is 16.8. The van der Waals surface area contributed by atoms with Gasteiger partial charge < -0.3 is 57.6 Å². The minimum Gasteiger partial charge on any atom is -1.00 e. The minimum atomic E-state index is -1.48. The van der Waals surface area contributed by atoms with Gasteiger partial charge in [-0.15, -0.1) is 0 Å². The monoisotopic (exact) mass is 454 g/mol. The van der Waals surface area contributed by atoms with Crippen molar-refractivity contribution in [3.63, 3.8) is 0 Å². The summed E-state index contributed by atoms with van der Waals surface area (Å²) in [5.41, 5.74) is 0.348. The maximum Gasteiger partial charge on any atom is 0.402 e. The number of benzene rings is 2. The molecule has 1 fully saturated rings. The number of ether oxygens (including phenoxy) is 2. The summed E-state index contributed by atoms with van der Waals surface area (Å²) in [5.74, 6) is -1.37. The Bertz CT molecular complexity index is 1110. The van der Waals surface area contributed by atoms with E-state index in [2.05, 4.69) is 0 Å². The van der Waals surface area contributed by atoms with Gasteiger partial charge >= 0.3 is 11.3 Å². The van der Waals surface area contributed by atoms with Crippen molar-refractivity contribution in [1.82, 2.24) is 0 Å². The van der Waals surface area contributed by atoms with E-state index in [0.29, 0.717) is 0 Å². The van der Waals surface area contributed by atoms with E-state index in [-0.39, 0.29) is 57.7 Å². The number of phenols is 4. The lowest BCUT2D eigenvalue weighted by Gasteiger charge is -2.16. The second-order valence-corrected chi connectivity index (χ2v) is 6.84. The van der Waals surface area contributed by atoms with Gasteiger partial charge in [-0.05, 0) is 12.1 Å². The maximum absolute atomic E-state index is 10.2. The summed E-state index contributed by atoms with van der Waals surface area (Å²) in [6, 6.07) is 7.57. The average Bonchev–Trinajstić information content (AvgIpc) is 2.98. The van der Waals surface area contributed by atoms with Crippen LogP contribution in [0.5, 0.6) is 28.7 Å². The smallest absolute Gasteiger partial charge is 0.402 e. The molecule has 166 valence electrons. The number of aliphatic hydroxyl groups is 3. The molecule has 2 aromatic carbocycles. The molecule has 31 heavy (non-hydrogen) atoms. The van der Waals surface area contributed by atoms with Crippen LogP contribution in [0.15, 0.2) is 40.8 Å². The third-order valence-corrected chi connectivity index (χ3v) is 4.80. The van der Waals surface area contributed by atoms with Gasteiger partial charge in [0.05, 0.1) is 18.2 Å². The van der Waals surface area contributed by atoms with Crippen LogP contribution in [0.3, 0.4) is 0 Å². The molecule has 4 rings (SSSR count). The van der Waals surface area contributed by atoms with Gasteiger partial charge in [0, 0.05) is 18.2 Å². The number of hydrogen-bond acceptors (Lipinski definition) is 9. The van der Waals surface area contributed by atoms with E-state index in [9.17, 15) is 35.7 Å². The van der Waals surface area contributed by atoms with Crippen molar-refractivity contribution in [2.45, 2.75) is 24.6 Å². The number of fused-ring (bicyclic) bond motifs is 1. The first-order valence-electron chi connectivity index (χ1n) is 8.92. The molecule has 0 aliphatic carbocycles. The molecule has 7 N–H and O–H groups in total. The van der Waals surface area contributed by atoms with E-state index in [1.54, 1.807) is 0 Å². The van der Waals surface area contributed by atoms with E-state index in [0.717, 1.165) is 6.07 Å². The van der Waals surface area contributed by atoms with Crippen molar-refractivity contribution in [3.05, 3.63) is 36.4 Å². The van der Waals surface area contributed by atoms with Gasteiger partial charge in [0.1, 0.15) is 35.2 Å². The fourth-order valence-electron chi connectivity index (χ4n) is 3.23. The molecule has 1 aromatic heterocycles. The van der Waals surface area contributed by atoms with Gasteiger partial charge in [-0.3, -0.25) is 0 Å². The quantitative estimate of drug-likeness (QED) is 0.173. The lowest BCUT2D eigenvalue weighted by atomic mass is 10.1. The van der Waals surface area contributed by atoms with Crippen LogP contribution in [-0.4, -0.2) is 67.0 Å². The highest BCUT2D eigenvalue weighted by molar-refractivity contribution is 5.88. The number of aromatic hydroxyl groups is 4. The zero-order valence-electron chi connectivity index (χ0n) is 15.7. The predicted molar refractivity (Wildman–Crippen MR) is 101 cm³/mol. The van der Waals surface area contributed by atoms with Crippen molar-refractivity contribution in [3.8, 4) is 40.1 Å². The van der Waals surface area contributed by atoms with Crippen LogP contribution in [0, 0.1) is 0 Å². The average molecular weight is 455 g/mol. The molecule has 2 heterocycles. The minimum absolute atomic E-state index is 0. The highest BCUT2D eigenvalue weighted by Gasteiger charge is 2.45. The zero-order valence-corrected chi connectivity index (χ0v) is 16.5. The molecule has 10 nitrogen and oxygen atoms in total. The highest BCUT2D eigenvalue weighted by Crippen LogP contribution is 2.42. The molecule has 1 aliphatic heterocycles. The Morgan fingerprint density at radius 3 is 2.29 bits per heavy atom. The Hall–Kier alpha value is -3.02. The second kappa shape index (κ2) is 8.61. The van der Waals surface area contributed by atoms with Crippen LogP contribution in [0.25, 0.3) is 22.3 Å². The topological polar surface area (TPSA) is 171 Å². The third-order valence-electron chi connectivity index (χ3n) is 4.80. The van der Waals surface area contributed by atoms with Crippen molar-refractivity contribution in [2.75, 3.05) is 6.61 Å². The molecule has 0 radical (unpaired) electrons. The molecule has 3 aromatic rings. The standard InChI is InChI=1S/C20H18O10.ClH/c21-7-16-17(26)18(27)20(30-16)29-15-6-10-12(24)4-9(22)5-14(10)28-19(15)8-1-2-11(23)13(25)3-8;/h1-6,16-18,20-21,26-27H,7H2,(H3-,22,23,24,25);1H/t16-,17+,18-,20?;/m1./s1. The fourth-order valence-corrected chi connectivity index (χ4v) is 3.23. The van der Waals surface area contributed by atoms with Crippen LogP contribution in [0.2, 0.25) is 0 Å². The number of phenolic OH excluding ortho intramolecular Hbond substituents is 4. The first-order chi connectivity index (χ1) is 14.3. The fraction of sp³-hybridized carbons (Fsp3) is 0.250. The SMILES string of the molecule is OC[C@H]1OC(Oc2cc3c(O)cc(O)cc3[o+]c2-c2ccc(O)c(O)c2)[C@H](O)[C@H]1O.[Cl-]. The van der Waals surface area contributed by atoms with Gasteiger partial charge in [0.15, 0.2) is 11.5 Å². The van der Waals surface area contributed by atoms with E-state index in [1.165, 1.54) is 30.3 Å². The first kappa shape index (κ1) is 22.7. The molecule has 0 spiro atoms. The Kier molecular flexibility index (Phi) is 6.30. The van der Waals surface area contributed by atoms with Gasteiger partial charge in [-0.25, -0.2) is 4.42 Å². The zero-order chi connectivity index (χ0) is 21.6. The normalized spacial score (nSPS) is 22.9. The molecule has 1 aliphatic rings. The lowest BCUT2D eigenvalue weighted by molar-refractivity contribution is -0.116.